The number of aliphatic hydroxyl groups is 2. The lowest BCUT2D eigenvalue weighted by Gasteiger charge is -2.16. The first kappa shape index (κ1) is 16.6. The van der Waals surface area contributed by atoms with Gasteiger partial charge in [-0.2, -0.15) is 0 Å². The lowest BCUT2D eigenvalue weighted by Crippen LogP contribution is -2.33. The Labute approximate surface area is 134 Å². The van der Waals surface area contributed by atoms with E-state index < -0.39 is 31.3 Å². The minimum absolute atomic E-state index is 0.169. The van der Waals surface area contributed by atoms with E-state index in [4.69, 9.17) is 20.3 Å². The van der Waals surface area contributed by atoms with Gasteiger partial charge in [0.15, 0.2) is 17.7 Å². The number of nitrogens with two attached hydrogens (primary N) is 1. The molecular formula is C10H14N5O6PS. The van der Waals surface area contributed by atoms with Crippen molar-refractivity contribution in [2.45, 2.75) is 24.5 Å². The normalized spacial score (nSPS) is 28.5. The Hall–Kier alpha value is -1.24. The predicted octanol–water partition coefficient (Wildman–Crippen LogP) is -1.75. The molecule has 23 heavy (non-hydrogen) atoms. The van der Waals surface area contributed by atoms with Crippen molar-refractivity contribution in [3.8, 4) is 0 Å². The molecule has 1 saturated heterocycles. The molecule has 3 rings (SSSR count). The minimum atomic E-state index is -3.89. The van der Waals surface area contributed by atoms with Gasteiger partial charge in [-0.3, -0.25) is 4.57 Å². The molecule has 1 aliphatic heterocycles. The number of nitrogen functional groups attached to an aromatic ring is 1. The number of anilines is 1. The van der Waals surface area contributed by atoms with Crippen molar-refractivity contribution in [3.05, 3.63) is 12.7 Å². The van der Waals surface area contributed by atoms with Crippen LogP contribution in [0.4, 0.5) is 5.82 Å². The average molecular weight is 363 g/mol. The van der Waals surface area contributed by atoms with Crippen LogP contribution in [-0.4, -0.2) is 64.4 Å². The molecule has 0 spiro atoms. The molecule has 3 heterocycles. The van der Waals surface area contributed by atoms with Crippen LogP contribution < -0.4 is 5.73 Å². The van der Waals surface area contributed by atoms with Crippen LogP contribution in [0.5, 0.6) is 0 Å². The van der Waals surface area contributed by atoms with E-state index in [9.17, 15) is 10.2 Å². The van der Waals surface area contributed by atoms with Crippen LogP contribution in [0.1, 0.15) is 6.23 Å². The summed E-state index contributed by atoms with van der Waals surface area (Å²) in [5, 5.41) is 20.2. The molecule has 0 aliphatic carbocycles. The number of hydrogen-bond acceptors (Lipinski definition) is 9. The third-order valence-corrected chi connectivity index (χ3v) is 4.21. The summed E-state index contributed by atoms with van der Waals surface area (Å²) < 4.78 is 11.6. The SMILES string of the molecule is Nc1ncnc2c1ncn2[C@@H]1O[C@H](COP(O)(O)=S)[C@@H](O)[C@H]1O. The van der Waals surface area contributed by atoms with E-state index in [0.29, 0.717) is 11.2 Å². The first-order valence-corrected chi connectivity index (χ1v) is 9.05. The lowest BCUT2D eigenvalue weighted by atomic mass is 10.1. The van der Waals surface area contributed by atoms with Crippen molar-refractivity contribution < 1.29 is 29.3 Å². The number of imidazole rings is 1. The average Bonchev–Trinajstić information content (AvgIpc) is 3.01. The van der Waals surface area contributed by atoms with E-state index >= 15 is 0 Å². The van der Waals surface area contributed by atoms with Gasteiger partial charge in [0.2, 0.25) is 0 Å². The lowest BCUT2D eigenvalue weighted by molar-refractivity contribution is -0.0487. The Morgan fingerprint density at radius 1 is 1.30 bits per heavy atom. The van der Waals surface area contributed by atoms with E-state index in [0.717, 1.165) is 0 Å². The van der Waals surface area contributed by atoms with Crippen LogP contribution in [0.25, 0.3) is 11.2 Å². The highest BCUT2D eigenvalue weighted by Crippen LogP contribution is 2.39. The van der Waals surface area contributed by atoms with Gasteiger partial charge in [0, 0.05) is 0 Å². The predicted molar refractivity (Wildman–Crippen MR) is 80.3 cm³/mol. The minimum Gasteiger partial charge on any atom is -0.387 e. The van der Waals surface area contributed by atoms with Gasteiger partial charge in [-0.25, -0.2) is 15.0 Å². The summed E-state index contributed by atoms with van der Waals surface area (Å²) in [4.78, 5) is 30.0. The zero-order valence-electron chi connectivity index (χ0n) is 11.5. The third-order valence-electron chi connectivity index (χ3n) is 3.41. The zero-order valence-corrected chi connectivity index (χ0v) is 13.2. The summed E-state index contributed by atoms with van der Waals surface area (Å²) in [5.41, 5.74) is 6.35. The highest BCUT2D eigenvalue weighted by atomic mass is 32.5. The van der Waals surface area contributed by atoms with E-state index in [1.165, 1.54) is 17.2 Å². The van der Waals surface area contributed by atoms with Crippen LogP contribution in [0.3, 0.4) is 0 Å². The summed E-state index contributed by atoms with van der Waals surface area (Å²) in [6.45, 7) is -4.27. The topological polar surface area (TPSA) is 169 Å². The number of rotatable bonds is 4. The van der Waals surface area contributed by atoms with Crippen LogP contribution in [0.15, 0.2) is 12.7 Å². The fourth-order valence-corrected chi connectivity index (χ4v) is 2.85. The van der Waals surface area contributed by atoms with E-state index in [1.807, 2.05) is 0 Å². The number of aliphatic hydroxyl groups excluding tert-OH is 2. The van der Waals surface area contributed by atoms with E-state index in [-0.39, 0.29) is 12.4 Å². The Morgan fingerprint density at radius 3 is 2.74 bits per heavy atom. The van der Waals surface area contributed by atoms with Crippen molar-refractivity contribution in [1.29, 1.82) is 0 Å². The van der Waals surface area contributed by atoms with Gasteiger partial charge in [-0.1, -0.05) is 0 Å². The highest BCUT2D eigenvalue weighted by Gasteiger charge is 2.44. The first-order chi connectivity index (χ1) is 10.8. The summed E-state index contributed by atoms with van der Waals surface area (Å²) >= 11 is 4.33. The summed E-state index contributed by atoms with van der Waals surface area (Å²) in [5.74, 6) is 0.169. The Kier molecular flexibility index (Phi) is 4.33. The molecule has 0 bridgehead atoms. The van der Waals surface area contributed by atoms with Gasteiger partial charge in [-0.05, 0) is 11.8 Å². The standard InChI is InChI=1S/C10H14N5O6PS/c11-8-5-9(13-2-12-8)15(3-14-5)10-7(17)6(16)4(21-10)1-20-22(18,19)23/h2-4,6-7,10,16-17H,1H2,(H2,11,12,13)(H2,18,19,23)/t4-,6-,7-,10-/m1/s1. The van der Waals surface area contributed by atoms with Gasteiger partial charge < -0.3 is 35.0 Å². The zero-order chi connectivity index (χ0) is 16.8. The van der Waals surface area contributed by atoms with Gasteiger partial charge in [0.05, 0.1) is 12.9 Å². The molecule has 126 valence electrons. The van der Waals surface area contributed by atoms with Crippen molar-refractivity contribution in [2.75, 3.05) is 12.3 Å². The van der Waals surface area contributed by atoms with Crippen molar-refractivity contribution in [3.63, 3.8) is 0 Å². The maximum absolute atomic E-state index is 10.2. The molecule has 0 unspecified atom stereocenters. The molecule has 0 aromatic carbocycles. The molecule has 0 radical (unpaired) electrons. The molecule has 4 atom stereocenters. The quantitative estimate of drug-likeness (QED) is 0.391. The van der Waals surface area contributed by atoms with Gasteiger partial charge in [0.1, 0.15) is 30.2 Å². The van der Waals surface area contributed by atoms with Crippen LogP contribution in [0.2, 0.25) is 0 Å². The van der Waals surface area contributed by atoms with Crippen molar-refractivity contribution in [2.24, 2.45) is 0 Å². The van der Waals surface area contributed by atoms with Crippen LogP contribution in [-0.2, 0) is 21.1 Å². The molecule has 1 aliphatic rings. The largest absolute Gasteiger partial charge is 0.387 e. The smallest absolute Gasteiger partial charge is 0.321 e. The van der Waals surface area contributed by atoms with Crippen LogP contribution in [0, 0.1) is 0 Å². The van der Waals surface area contributed by atoms with Crippen LogP contribution >= 0.6 is 6.72 Å². The monoisotopic (exact) mass is 363 g/mol. The number of fused-ring (bicyclic) bond motifs is 1. The molecule has 0 saturated carbocycles. The second-order valence-corrected chi connectivity index (χ2v) is 7.58. The van der Waals surface area contributed by atoms with Crippen molar-refractivity contribution >= 4 is 35.5 Å². The van der Waals surface area contributed by atoms with Gasteiger partial charge in [-0.15, -0.1) is 0 Å². The summed E-state index contributed by atoms with van der Waals surface area (Å²) in [6, 6.07) is 0. The number of hydrogen-bond donors (Lipinski definition) is 5. The molecule has 0 amide bonds. The molecule has 1 fully saturated rings. The molecule has 11 nitrogen and oxygen atoms in total. The first-order valence-electron chi connectivity index (χ1n) is 6.42. The fourth-order valence-electron chi connectivity index (χ4n) is 2.32. The highest BCUT2D eigenvalue weighted by molar-refractivity contribution is 8.06. The third kappa shape index (κ3) is 3.20. The Bertz CT molecular complexity index is 767. The van der Waals surface area contributed by atoms with Crippen molar-refractivity contribution in [1.82, 2.24) is 19.5 Å². The van der Waals surface area contributed by atoms with E-state index in [1.54, 1.807) is 0 Å². The van der Waals surface area contributed by atoms with Gasteiger partial charge >= 0.3 is 6.72 Å². The van der Waals surface area contributed by atoms with E-state index in [2.05, 4.69) is 31.3 Å². The molecular weight excluding hydrogens is 349 g/mol. The molecule has 6 N–H and O–H groups in total. The Morgan fingerprint density at radius 2 is 2.04 bits per heavy atom. The maximum atomic E-state index is 10.2. The summed E-state index contributed by atoms with van der Waals surface area (Å²) in [6.07, 6.45) is -2.06. The summed E-state index contributed by atoms with van der Waals surface area (Å²) in [7, 11) is 0. The second-order valence-electron chi connectivity index (χ2n) is 4.92. The second kappa shape index (κ2) is 6.00. The number of ether oxygens (including phenoxy) is 1. The van der Waals surface area contributed by atoms with Gasteiger partial charge in [0.25, 0.3) is 0 Å². The number of aromatic nitrogens is 4. The molecule has 2 aromatic rings. The fraction of sp³-hybridized carbons (Fsp3) is 0.500. The maximum Gasteiger partial charge on any atom is 0.321 e. The molecule has 13 heteroatoms. The Balaban J connectivity index is 1.85. The number of nitrogens with zero attached hydrogens (tertiary/aromatic N) is 4. The molecule has 2 aromatic heterocycles.